The average Bonchev–Trinajstić information content (AvgIpc) is 2.22. The summed E-state index contributed by atoms with van der Waals surface area (Å²) < 4.78 is 5.58. The van der Waals surface area contributed by atoms with Gasteiger partial charge in [0.2, 0.25) is 0 Å². The molecule has 1 amide bonds. The molecule has 2 aliphatic rings. The lowest BCUT2D eigenvalue weighted by Gasteiger charge is -2.45. The minimum absolute atomic E-state index is 0.00199. The summed E-state index contributed by atoms with van der Waals surface area (Å²) in [4.78, 5) is 15.5. The number of likely N-dealkylation sites (N-methyl/N-ethyl adjacent to an activating group) is 1. The van der Waals surface area contributed by atoms with Crippen LogP contribution in [0.1, 0.15) is 19.3 Å². The molecular formula is C11H20N2O3. The van der Waals surface area contributed by atoms with E-state index < -0.39 is 0 Å². The van der Waals surface area contributed by atoms with Crippen LogP contribution in [0.4, 0.5) is 4.79 Å². The molecule has 0 saturated carbocycles. The lowest BCUT2D eigenvalue weighted by atomic mass is 9.88. The van der Waals surface area contributed by atoms with Crippen LogP contribution in [0.5, 0.6) is 0 Å². The Morgan fingerprint density at radius 3 is 2.88 bits per heavy atom. The molecule has 1 atom stereocenters. The summed E-state index contributed by atoms with van der Waals surface area (Å²) in [6, 6.07) is 0. The Labute approximate surface area is 96.0 Å². The zero-order chi connectivity index (χ0) is 11.6. The Hall–Kier alpha value is -0.810. The molecule has 5 heteroatoms. The number of aliphatic hydroxyl groups excluding tert-OH is 1. The van der Waals surface area contributed by atoms with E-state index in [0.29, 0.717) is 13.1 Å². The normalized spacial score (nSPS) is 31.9. The number of piperidine rings is 1. The first kappa shape index (κ1) is 11.7. The van der Waals surface area contributed by atoms with Crippen LogP contribution in [-0.2, 0) is 4.74 Å². The minimum Gasteiger partial charge on any atom is -0.441 e. The fourth-order valence-electron chi connectivity index (χ4n) is 2.66. The van der Waals surface area contributed by atoms with E-state index in [1.807, 2.05) is 0 Å². The van der Waals surface area contributed by atoms with Gasteiger partial charge in [-0.3, -0.25) is 0 Å². The Kier molecular flexibility index (Phi) is 3.35. The zero-order valence-electron chi connectivity index (χ0n) is 9.81. The van der Waals surface area contributed by atoms with Crippen LogP contribution in [0.2, 0.25) is 0 Å². The van der Waals surface area contributed by atoms with Crippen molar-refractivity contribution in [2.45, 2.75) is 24.9 Å². The number of hydrogen-bond donors (Lipinski definition) is 1. The Morgan fingerprint density at radius 2 is 2.25 bits per heavy atom. The van der Waals surface area contributed by atoms with Gasteiger partial charge in [-0.2, -0.15) is 0 Å². The fourth-order valence-corrected chi connectivity index (χ4v) is 2.66. The third-order valence-corrected chi connectivity index (χ3v) is 3.50. The van der Waals surface area contributed by atoms with E-state index in [4.69, 9.17) is 9.84 Å². The number of carbonyl (C=O) groups is 1. The molecule has 2 rings (SSSR count). The maximum absolute atomic E-state index is 11.7. The summed E-state index contributed by atoms with van der Waals surface area (Å²) in [6.07, 6.45) is 2.67. The predicted octanol–water partition coefficient (Wildman–Crippen LogP) is 0.285. The quantitative estimate of drug-likeness (QED) is 0.738. The van der Waals surface area contributed by atoms with Gasteiger partial charge in [0.1, 0.15) is 5.60 Å². The highest BCUT2D eigenvalue weighted by molar-refractivity contribution is 5.69. The van der Waals surface area contributed by atoms with Crippen molar-refractivity contribution in [3.63, 3.8) is 0 Å². The van der Waals surface area contributed by atoms with E-state index in [1.165, 1.54) is 0 Å². The van der Waals surface area contributed by atoms with E-state index in [0.717, 1.165) is 32.4 Å². The molecule has 0 aliphatic carbocycles. The van der Waals surface area contributed by atoms with Crippen LogP contribution in [0.25, 0.3) is 0 Å². The molecule has 1 spiro atoms. The number of ether oxygens (including phenoxy) is 1. The highest BCUT2D eigenvalue weighted by Crippen LogP contribution is 2.31. The van der Waals surface area contributed by atoms with Gasteiger partial charge >= 0.3 is 6.09 Å². The summed E-state index contributed by atoms with van der Waals surface area (Å²) in [7, 11) is 2.06. The van der Waals surface area contributed by atoms with Crippen molar-refractivity contribution < 1.29 is 14.6 Å². The molecule has 1 unspecified atom stereocenters. The molecule has 1 N–H and O–H groups in total. The maximum Gasteiger partial charge on any atom is 0.410 e. The second-order valence-electron chi connectivity index (χ2n) is 4.85. The third-order valence-electron chi connectivity index (χ3n) is 3.50. The number of likely N-dealkylation sites (tertiary alicyclic amines) is 1. The van der Waals surface area contributed by atoms with Gasteiger partial charge in [0.05, 0.1) is 6.61 Å². The summed E-state index contributed by atoms with van der Waals surface area (Å²) >= 11 is 0. The van der Waals surface area contributed by atoms with Gasteiger partial charge in [0.25, 0.3) is 0 Å². The molecular weight excluding hydrogens is 208 g/mol. The van der Waals surface area contributed by atoms with Crippen molar-refractivity contribution in [3.8, 4) is 0 Å². The summed E-state index contributed by atoms with van der Waals surface area (Å²) in [5.74, 6) is 0. The largest absolute Gasteiger partial charge is 0.441 e. The van der Waals surface area contributed by atoms with Crippen LogP contribution >= 0.6 is 0 Å². The minimum atomic E-state index is -0.268. The standard InChI is InChI=1S/C11H20N2O3/c1-12-5-2-3-11(9-12)4-6-13(7-8-14)10(15)16-11/h14H,2-9H2,1H3. The molecule has 0 aromatic heterocycles. The number of aliphatic hydroxyl groups is 1. The zero-order valence-corrected chi connectivity index (χ0v) is 9.81. The third kappa shape index (κ3) is 2.30. The lowest BCUT2D eigenvalue weighted by Crippen LogP contribution is -2.56. The Morgan fingerprint density at radius 1 is 1.44 bits per heavy atom. The van der Waals surface area contributed by atoms with Crippen molar-refractivity contribution >= 4 is 6.09 Å². The average molecular weight is 228 g/mol. The van der Waals surface area contributed by atoms with Crippen LogP contribution in [0.15, 0.2) is 0 Å². The van der Waals surface area contributed by atoms with E-state index in [9.17, 15) is 4.79 Å². The van der Waals surface area contributed by atoms with Crippen molar-refractivity contribution in [2.24, 2.45) is 0 Å². The Bertz CT molecular complexity index is 272. The first-order chi connectivity index (χ1) is 7.65. The fraction of sp³-hybridized carbons (Fsp3) is 0.909. The van der Waals surface area contributed by atoms with Gasteiger partial charge in [-0.25, -0.2) is 4.79 Å². The number of hydrogen-bond acceptors (Lipinski definition) is 4. The molecule has 2 saturated heterocycles. The van der Waals surface area contributed by atoms with Crippen molar-refractivity contribution in [1.29, 1.82) is 0 Å². The predicted molar refractivity (Wildman–Crippen MR) is 59.2 cm³/mol. The molecule has 16 heavy (non-hydrogen) atoms. The molecule has 2 heterocycles. The summed E-state index contributed by atoms with van der Waals surface area (Å²) in [5.41, 5.74) is -0.268. The van der Waals surface area contributed by atoms with Crippen LogP contribution in [0, 0.1) is 0 Å². The summed E-state index contributed by atoms with van der Waals surface area (Å²) in [5, 5.41) is 8.82. The topological polar surface area (TPSA) is 53.0 Å². The number of amides is 1. The van der Waals surface area contributed by atoms with Crippen molar-refractivity contribution in [3.05, 3.63) is 0 Å². The van der Waals surface area contributed by atoms with Gasteiger partial charge in [-0.15, -0.1) is 0 Å². The molecule has 2 aliphatic heterocycles. The number of β-amino-alcohol motifs (C(OH)–C–C–N with tert-alkyl or cyclic N) is 1. The van der Waals surface area contributed by atoms with E-state index in [-0.39, 0.29) is 18.3 Å². The van der Waals surface area contributed by atoms with Crippen LogP contribution < -0.4 is 0 Å². The molecule has 0 aromatic rings. The van der Waals surface area contributed by atoms with Crippen LogP contribution in [-0.4, -0.2) is 66.4 Å². The molecule has 5 nitrogen and oxygen atoms in total. The van der Waals surface area contributed by atoms with Gasteiger partial charge in [0.15, 0.2) is 0 Å². The maximum atomic E-state index is 11.7. The molecule has 2 fully saturated rings. The van der Waals surface area contributed by atoms with Gasteiger partial charge < -0.3 is 19.6 Å². The summed E-state index contributed by atoms with van der Waals surface area (Å²) in [6.45, 7) is 3.01. The van der Waals surface area contributed by atoms with Crippen molar-refractivity contribution in [1.82, 2.24) is 9.80 Å². The molecule has 92 valence electrons. The first-order valence-electron chi connectivity index (χ1n) is 5.92. The van der Waals surface area contributed by atoms with E-state index >= 15 is 0 Å². The van der Waals surface area contributed by atoms with Gasteiger partial charge in [0, 0.05) is 26.1 Å². The molecule has 0 aromatic carbocycles. The first-order valence-corrected chi connectivity index (χ1v) is 5.92. The van der Waals surface area contributed by atoms with E-state index in [1.54, 1.807) is 4.90 Å². The monoisotopic (exact) mass is 228 g/mol. The molecule has 0 bridgehead atoms. The smallest absolute Gasteiger partial charge is 0.410 e. The SMILES string of the molecule is CN1CCCC2(CCN(CCO)C(=O)O2)C1. The number of rotatable bonds is 2. The second kappa shape index (κ2) is 4.59. The molecule has 0 radical (unpaired) electrons. The highest BCUT2D eigenvalue weighted by atomic mass is 16.6. The number of carbonyl (C=O) groups excluding carboxylic acids is 1. The lowest BCUT2D eigenvalue weighted by molar-refractivity contribution is -0.0836. The Balaban J connectivity index is 1.97. The van der Waals surface area contributed by atoms with Crippen molar-refractivity contribution in [2.75, 3.05) is 39.8 Å². The van der Waals surface area contributed by atoms with Crippen LogP contribution in [0.3, 0.4) is 0 Å². The second-order valence-corrected chi connectivity index (χ2v) is 4.85. The van der Waals surface area contributed by atoms with E-state index in [2.05, 4.69) is 11.9 Å². The number of nitrogens with zero attached hydrogens (tertiary/aromatic N) is 2. The highest BCUT2D eigenvalue weighted by Gasteiger charge is 2.42. The van der Waals surface area contributed by atoms with Gasteiger partial charge in [-0.1, -0.05) is 0 Å². The van der Waals surface area contributed by atoms with Gasteiger partial charge in [-0.05, 0) is 26.4 Å².